The molecule has 1 saturated carbocycles. The number of nitrogens with one attached hydrogen (secondary N) is 1. The predicted octanol–water partition coefficient (Wildman–Crippen LogP) is 3.57. The van der Waals surface area contributed by atoms with Crippen LogP contribution in [-0.2, 0) is 10.0 Å². The van der Waals surface area contributed by atoms with Crippen LogP contribution in [0.1, 0.15) is 68.1 Å². The maximum absolute atomic E-state index is 13.2. The first kappa shape index (κ1) is 21.1. The molecule has 0 aromatic heterocycles. The lowest BCUT2D eigenvalue weighted by atomic mass is 9.89. The Morgan fingerprint density at radius 1 is 1.07 bits per heavy atom. The van der Waals surface area contributed by atoms with Gasteiger partial charge in [0.2, 0.25) is 10.0 Å². The highest BCUT2D eigenvalue weighted by molar-refractivity contribution is 7.89. The molecule has 2 aliphatic rings. The van der Waals surface area contributed by atoms with Crippen molar-refractivity contribution in [3.05, 3.63) is 23.8 Å². The van der Waals surface area contributed by atoms with Gasteiger partial charge in [0.25, 0.3) is 5.91 Å². The third kappa shape index (κ3) is 5.06. The van der Waals surface area contributed by atoms with Crippen molar-refractivity contribution in [1.29, 1.82) is 0 Å². The van der Waals surface area contributed by atoms with Crippen molar-refractivity contribution < 1.29 is 17.9 Å². The minimum atomic E-state index is -3.69. The van der Waals surface area contributed by atoms with E-state index in [1.807, 2.05) is 0 Å². The number of sulfonamides is 1. The van der Waals surface area contributed by atoms with Crippen molar-refractivity contribution in [1.82, 2.24) is 9.62 Å². The molecule has 28 heavy (non-hydrogen) atoms. The average Bonchev–Trinajstić information content (AvgIpc) is 3.02. The zero-order chi connectivity index (χ0) is 20.0. The Morgan fingerprint density at radius 3 is 2.36 bits per heavy atom. The monoisotopic (exact) mass is 408 g/mol. The highest BCUT2D eigenvalue weighted by Crippen LogP contribution is 2.29. The summed E-state index contributed by atoms with van der Waals surface area (Å²) < 4.78 is 33.3. The molecule has 1 heterocycles. The van der Waals surface area contributed by atoms with Crippen LogP contribution in [0.3, 0.4) is 0 Å². The molecule has 0 bridgehead atoms. The van der Waals surface area contributed by atoms with Crippen molar-refractivity contribution in [2.24, 2.45) is 5.92 Å². The molecular weight excluding hydrogens is 376 g/mol. The Balaban J connectivity index is 1.77. The summed E-state index contributed by atoms with van der Waals surface area (Å²) in [6.07, 6.45) is 9.85. The summed E-state index contributed by atoms with van der Waals surface area (Å²) in [7, 11) is -2.23. The van der Waals surface area contributed by atoms with Crippen LogP contribution in [0.25, 0.3) is 0 Å². The quantitative estimate of drug-likeness (QED) is 0.781. The molecule has 2 fully saturated rings. The van der Waals surface area contributed by atoms with Gasteiger partial charge in [-0.3, -0.25) is 4.79 Å². The van der Waals surface area contributed by atoms with Gasteiger partial charge in [-0.2, -0.15) is 4.31 Å². The number of carbonyl (C=O) groups is 1. The smallest absolute Gasteiger partial charge is 0.251 e. The van der Waals surface area contributed by atoms with E-state index >= 15 is 0 Å². The molecule has 0 radical (unpaired) electrons. The molecule has 3 rings (SSSR count). The fraction of sp³-hybridized carbons (Fsp3) is 0.667. The van der Waals surface area contributed by atoms with E-state index in [9.17, 15) is 13.2 Å². The van der Waals surface area contributed by atoms with Crippen LogP contribution >= 0.6 is 0 Å². The summed E-state index contributed by atoms with van der Waals surface area (Å²) in [6.45, 7) is 1.69. The molecular formula is C21H32N2O4S. The van der Waals surface area contributed by atoms with Gasteiger partial charge < -0.3 is 10.1 Å². The third-order valence-electron chi connectivity index (χ3n) is 5.88. The number of carbonyl (C=O) groups excluding carboxylic acids is 1. The highest BCUT2D eigenvalue weighted by atomic mass is 32.2. The summed E-state index contributed by atoms with van der Waals surface area (Å²) in [5, 5.41) is 2.99. The standard InChI is InChI=1S/C21H32N2O4S/c1-27-19-12-11-18(21(24)22-16-17-9-5-4-6-10-17)15-20(19)28(25,26)23-13-7-2-3-8-14-23/h11-12,15,17H,2-10,13-14,16H2,1H3,(H,22,24). The van der Waals surface area contributed by atoms with E-state index < -0.39 is 10.0 Å². The fourth-order valence-corrected chi connectivity index (χ4v) is 5.87. The van der Waals surface area contributed by atoms with Gasteiger partial charge in [0.1, 0.15) is 10.6 Å². The summed E-state index contributed by atoms with van der Waals surface area (Å²) in [5.74, 6) is 0.588. The average molecular weight is 409 g/mol. The minimum absolute atomic E-state index is 0.0854. The molecule has 1 saturated heterocycles. The topological polar surface area (TPSA) is 75.7 Å². The Bertz CT molecular complexity index is 765. The van der Waals surface area contributed by atoms with E-state index in [0.29, 0.717) is 31.1 Å². The van der Waals surface area contributed by atoms with Crippen LogP contribution in [0.4, 0.5) is 0 Å². The van der Waals surface area contributed by atoms with Gasteiger partial charge in [-0.15, -0.1) is 0 Å². The fourth-order valence-electron chi connectivity index (χ4n) is 4.17. The molecule has 1 aliphatic carbocycles. The van der Waals surface area contributed by atoms with E-state index in [4.69, 9.17) is 4.74 Å². The summed E-state index contributed by atoms with van der Waals surface area (Å²) >= 11 is 0. The maximum atomic E-state index is 13.2. The summed E-state index contributed by atoms with van der Waals surface area (Å²) in [5.41, 5.74) is 0.366. The van der Waals surface area contributed by atoms with E-state index in [1.165, 1.54) is 36.7 Å². The second-order valence-electron chi connectivity index (χ2n) is 7.90. The number of hydrogen-bond donors (Lipinski definition) is 1. The zero-order valence-corrected chi connectivity index (χ0v) is 17.6. The van der Waals surface area contributed by atoms with E-state index in [1.54, 1.807) is 12.1 Å². The van der Waals surface area contributed by atoms with Crippen molar-refractivity contribution in [2.75, 3.05) is 26.7 Å². The summed E-state index contributed by atoms with van der Waals surface area (Å²) in [4.78, 5) is 12.7. The van der Waals surface area contributed by atoms with Crippen LogP contribution in [0, 0.1) is 5.92 Å². The lowest BCUT2D eigenvalue weighted by Gasteiger charge is -2.23. The number of nitrogens with zero attached hydrogens (tertiary/aromatic N) is 1. The number of methoxy groups -OCH3 is 1. The second kappa shape index (κ2) is 9.74. The van der Waals surface area contributed by atoms with Crippen molar-refractivity contribution in [2.45, 2.75) is 62.7 Å². The third-order valence-corrected chi connectivity index (χ3v) is 7.80. The van der Waals surface area contributed by atoms with Gasteiger partial charge >= 0.3 is 0 Å². The van der Waals surface area contributed by atoms with Gasteiger partial charge in [-0.05, 0) is 49.8 Å². The lowest BCUT2D eigenvalue weighted by Crippen LogP contribution is -2.33. The molecule has 1 aromatic carbocycles. The highest BCUT2D eigenvalue weighted by Gasteiger charge is 2.29. The maximum Gasteiger partial charge on any atom is 0.251 e. The molecule has 1 N–H and O–H groups in total. The van der Waals surface area contributed by atoms with E-state index in [-0.39, 0.29) is 16.6 Å². The van der Waals surface area contributed by atoms with Gasteiger partial charge in [0.15, 0.2) is 0 Å². The lowest BCUT2D eigenvalue weighted by molar-refractivity contribution is 0.0943. The second-order valence-corrected chi connectivity index (χ2v) is 9.80. The Kier molecular flexibility index (Phi) is 7.35. The molecule has 6 nitrogen and oxygen atoms in total. The van der Waals surface area contributed by atoms with Gasteiger partial charge in [0.05, 0.1) is 7.11 Å². The van der Waals surface area contributed by atoms with Crippen LogP contribution in [0.2, 0.25) is 0 Å². The first-order chi connectivity index (χ1) is 13.5. The Hall–Kier alpha value is -1.60. The molecule has 0 spiro atoms. The van der Waals surface area contributed by atoms with Crippen LogP contribution in [0.15, 0.2) is 23.1 Å². The number of amides is 1. The van der Waals surface area contributed by atoms with Gasteiger partial charge in [0, 0.05) is 25.2 Å². The molecule has 1 amide bonds. The van der Waals surface area contributed by atoms with Crippen LogP contribution < -0.4 is 10.1 Å². The Labute approximate surface area is 168 Å². The van der Waals surface area contributed by atoms with Gasteiger partial charge in [-0.25, -0.2) is 8.42 Å². The number of hydrogen-bond acceptors (Lipinski definition) is 4. The first-order valence-electron chi connectivity index (χ1n) is 10.5. The molecule has 0 atom stereocenters. The molecule has 1 aliphatic heterocycles. The van der Waals surface area contributed by atoms with E-state index in [0.717, 1.165) is 38.5 Å². The van der Waals surface area contributed by atoms with Gasteiger partial charge in [-0.1, -0.05) is 32.1 Å². The van der Waals surface area contributed by atoms with Crippen molar-refractivity contribution >= 4 is 15.9 Å². The molecule has 0 unspecified atom stereocenters. The van der Waals surface area contributed by atoms with Crippen LogP contribution in [0.5, 0.6) is 5.75 Å². The van der Waals surface area contributed by atoms with Crippen LogP contribution in [-0.4, -0.2) is 45.4 Å². The van der Waals surface area contributed by atoms with Crippen molar-refractivity contribution in [3.63, 3.8) is 0 Å². The SMILES string of the molecule is COc1ccc(C(=O)NCC2CCCCC2)cc1S(=O)(=O)N1CCCCCC1. The normalized spacial score (nSPS) is 19.8. The Morgan fingerprint density at radius 2 is 1.71 bits per heavy atom. The molecule has 1 aromatic rings. The zero-order valence-electron chi connectivity index (χ0n) is 16.8. The number of rotatable bonds is 6. The minimum Gasteiger partial charge on any atom is -0.495 e. The molecule has 7 heteroatoms. The first-order valence-corrected chi connectivity index (χ1v) is 11.9. The predicted molar refractivity (Wildman–Crippen MR) is 109 cm³/mol. The summed E-state index contributed by atoms with van der Waals surface area (Å²) in [6, 6.07) is 4.69. The van der Waals surface area contributed by atoms with E-state index in [2.05, 4.69) is 5.32 Å². The van der Waals surface area contributed by atoms with Crippen molar-refractivity contribution in [3.8, 4) is 5.75 Å². The number of ether oxygens (including phenoxy) is 1. The number of benzene rings is 1. The molecule has 156 valence electrons. The largest absolute Gasteiger partial charge is 0.495 e.